The van der Waals surface area contributed by atoms with Crippen LogP contribution in [0.4, 0.5) is 11.4 Å². The maximum atomic E-state index is 11.1. The minimum atomic E-state index is -0.345. The average Bonchev–Trinajstić information content (AvgIpc) is 2.47. The summed E-state index contributed by atoms with van der Waals surface area (Å²) < 4.78 is 5.93. The van der Waals surface area contributed by atoms with Gasteiger partial charge in [0.2, 0.25) is 0 Å². The molecular weight excluding hydrogens is 256 g/mol. The lowest BCUT2D eigenvalue weighted by Crippen LogP contribution is -2.17. The van der Waals surface area contributed by atoms with E-state index in [1.807, 2.05) is 13.0 Å². The smallest absolute Gasteiger partial charge is 0.292 e. The van der Waals surface area contributed by atoms with Crippen LogP contribution in [-0.4, -0.2) is 17.6 Å². The van der Waals surface area contributed by atoms with E-state index in [1.165, 1.54) is 25.3 Å². The van der Waals surface area contributed by atoms with Crippen molar-refractivity contribution in [3.05, 3.63) is 33.9 Å². The van der Waals surface area contributed by atoms with E-state index in [9.17, 15) is 10.1 Å². The van der Waals surface area contributed by atoms with Gasteiger partial charge in [0, 0.05) is 18.2 Å². The van der Waals surface area contributed by atoms with Gasteiger partial charge in [-0.25, -0.2) is 0 Å². The highest BCUT2D eigenvalue weighted by Gasteiger charge is 2.19. The number of hydrogen-bond donors (Lipinski definition) is 1. The Bertz CT molecular complexity index is 456. The first-order valence-corrected chi connectivity index (χ1v) is 7.34. The summed E-state index contributed by atoms with van der Waals surface area (Å²) in [7, 11) is 0. The Morgan fingerprint density at radius 2 is 2.10 bits per heavy atom. The molecule has 5 nitrogen and oxygen atoms in total. The van der Waals surface area contributed by atoms with E-state index in [2.05, 4.69) is 5.32 Å². The molecule has 1 aliphatic rings. The first-order valence-electron chi connectivity index (χ1n) is 7.34. The quantitative estimate of drug-likeness (QED) is 0.633. The van der Waals surface area contributed by atoms with Gasteiger partial charge in [0.25, 0.3) is 5.69 Å². The molecule has 20 heavy (non-hydrogen) atoms. The summed E-state index contributed by atoms with van der Waals surface area (Å²) in [5, 5.41) is 14.2. The average molecular weight is 278 g/mol. The third-order valence-electron chi connectivity index (χ3n) is 3.71. The number of nitro benzene ring substituents is 1. The highest BCUT2D eigenvalue weighted by atomic mass is 16.6. The zero-order chi connectivity index (χ0) is 14.4. The molecule has 1 fully saturated rings. The molecule has 1 aromatic carbocycles. The van der Waals surface area contributed by atoms with Crippen molar-refractivity contribution in [3.8, 4) is 0 Å². The second kappa shape index (κ2) is 7.24. The number of nitrogens with zero attached hydrogens (tertiary/aromatic N) is 1. The maximum absolute atomic E-state index is 11.1. The van der Waals surface area contributed by atoms with E-state index in [1.54, 1.807) is 6.07 Å². The summed E-state index contributed by atoms with van der Waals surface area (Å²) in [6.07, 6.45) is 6.24. The van der Waals surface area contributed by atoms with Crippen LogP contribution in [0.25, 0.3) is 0 Å². The molecule has 0 aliphatic heterocycles. The Morgan fingerprint density at radius 1 is 1.35 bits per heavy atom. The largest absolute Gasteiger partial charge is 0.379 e. The van der Waals surface area contributed by atoms with Gasteiger partial charge < -0.3 is 10.1 Å². The van der Waals surface area contributed by atoms with Crippen LogP contribution in [0, 0.1) is 10.1 Å². The van der Waals surface area contributed by atoms with Crippen LogP contribution < -0.4 is 5.32 Å². The Hall–Kier alpha value is -1.62. The van der Waals surface area contributed by atoms with E-state index < -0.39 is 0 Å². The van der Waals surface area contributed by atoms with Crippen molar-refractivity contribution >= 4 is 11.4 Å². The first-order chi connectivity index (χ1) is 9.72. The molecule has 1 aromatic rings. The van der Waals surface area contributed by atoms with Crippen LogP contribution >= 0.6 is 0 Å². The van der Waals surface area contributed by atoms with Crippen molar-refractivity contribution in [3.63, 3.8) is 0 Å². The highest BCUT2D eigenvalue weighted by Crippen LogP contribution is 2.30. The molecule has 0 unspecified atom stereocenters. The van der Waals surface area contributed by atoms with Crippen molar-refractivity contribution in [2.45, 2.75) is 51.7 Å². The fourth-order valence-corrected chi connectivity index (χ4v) is 2.68. The molecule has 1 aliphatic carbocycles. The molecule has 0 saturated heterocycles. The number of rotatable bonds is 6. The second-order valence-corrected chi connectivity index (χ2v) is 5.17. The lowest BCUT2D eigenvalue weighted by Gasteiger charge is -2.22. The normalized spacial score (nSPS) is 16.1. The summed E-state index contributed by atoms with van der Waals surface area (Å²) >= 11 is 0. The van der Waals surface area contributed by atoms with Gasteiger partial charge >= 0.3 is 0 Å². The number of benzene rings is 1. The predicted octanol–water partition coefficient (Wildman–Crippen LogP) is 3.88. The Morgan fingerprint density at radius 3 is 2.75 bits per heavy atom. The standard InChI is InChI=1S/C15H22N2O3/c1-2-16-15-12(7-6-10-14(15)17(18)19)11-20-13-8-4-3-5-9-13/h6-7,10,13,16H,2-5,8-9,11H2,1H3. The van der Waals surface area contributed by atoms with Gasteiger partial charge in [0.15, 0.2) is 0 Å². The van der Waals surface area contributed by atoms with Crippen LogP contribution in [0.1, 0.15) is 44.6 Å². The monoisotopic (exact) mass is 278 g/mol. The van der Waals surface area contributed by atoms with E-state index in [0.29, 0.717) is 24.9 Å². The molecule has 0 amide bonds. The third kappa shape index (κ3) is 3.70. The molecule has 1 N–H and O–H groups in total. The minimum Gasteiger partial charge on any atom is -0.379 e. The van der Waals surface area contributed by atoms with Gasteiger partial charge in [-0.05, 0) is 19.8 Å². The summed E-state index contributed by atoms with van der Waals surface area (Å²) in [5.41, 5.74) is 1.58. The molecule has 5 heteroatoms. The fraction of sp³-hybridized carbons (Fsp3) is 0.600. The maximum Gasteiger partial charge on any atom is 0.292 e. The number of para-hydroxylation sites is 1. The molecule has 2 rings (SSSR count). The molecular formula is C15H22N2O3. The van der Waals surface area contributed by atoms with Gasteiger partial charge in [-0.3, -0.25) is 10.1 Å². The zero-order valence-corrected chi connectivity index (χ0v) is 11.9. The zero-order valence-electron chi connectivity index (χ0n) is 11.9. The van der Waals surface area contributed by atoms with Crippen molar-refractivity contribution in [1.82, 2.24) is 0 Å². The van der Waals surface area contributed by atoms with Crippen molar-refractivity contribution in [1.29, 1.82) is 0 Å². The fourth-order valence-electron chi connectivity index (χ4n) is 2.68. The Labute approximate surface area is 119 Å². The van der Waals surface area contributed by atoms with Gasteiger partial charge in [0.1, 0.15) is 5.69 Å². The number of ether oxygens (including phenoxy) is 1. The lowest BCUT2D eigenvalue weighted by molar-refractivity contribution is -0.384. The van der Waals surface area contributed by atoms with E-state index >= 15 is 0 Å². The summed E-state index contributed by atoms with van der Waals surface area (Å²) in [5.74, 6) is 0. The highest BCUT2D eigenvalue weighted by molar-refractivity contribution is 5.66. The van der Waals surface area contributed by atoms with E-state index in [-0.39, 0.29) is 10.6 Å². The number of anilines is 1. The van der Waals surface area contributed by atoms with Crippen LogP contribution in [0.15, 0.2) is 18.2 Å². The molecule has 0 atom stereocenters. The number of nitrogens with one attached hydrogen (secondary N) is 1. The van der Waals surface area contributed by atoms with Gasteiger partial charge in [-0.1, -0.05) is 31.4 Å². The summed E-state index contributed by atoms with van der Waals surface area (Å²) in [6, 6.07) is 5.15. The molecule has 0 spiro atoms. The Balaban J connectivity index is 2.09. The number of hydrogen-bond acceptors (Lipinski definition) is 4. The molecule has 0 heterocycles. The van der Waals surface area contributed by atoms with Crippen molar-refractivity contribution in [2.75, 3.05) is 11.9 Å². The summed E-state index contributed by atoms with van der Waals surface area (Å²) in [4.78, 5) is 10.7. The van der Waals surface area contributed by atoms with Gasteiger partial charge in [-0.15, -0.1) is 0 Å². The molecule has 0 bridgehead atoms. The van der Waals surface area contributed by atoms with Gasteiger partial charge in [-0.2, -0.15) is 0 Å². The van der Waals surface area contributed by atoms with Crippen LogP contribution in [-0.2, 0) is 11.3 Å². The SMILES string of the molecule is CCNc1c(COC2CCCCC2)cccc1[N+](=O)[O-]. The van der Waals surface area contributed by atoms with Gasteiger partial charge in [0.05, 0.1) is 17.6 Å². The predicted molar refractivity (Wildman–Crippen MR) is 78.9 cm³/mol. The van der Waals surface area contributed by atoms with Crippen LogP contribution in [0.2, 0.25) is 0 Å². The van der Waals surface area contributed by atoms with Crippen molar-refractivity contribution < 1.29 is 9.66 Å². The molecule has 0 radical (unpaired) electrons. The molecule has 0 aromatic heterocycles. The summed E-state index contributed by atoms with van der Waals surface area (Å²) in [6.45, 7) is 3.03. The van der Waals surface area contributed by atoms with Crippen molar-refractivity contribution in [2.24, 2.45) is 0 Å². The molecule has 110 valence electrons. The van der Waals surface area contributed by atoms with E-state index in [0.717, 1.165) is 18.4 Å². The molecule has 1 saturated carbocycles. The van der Waals surface area contributed by atoms with Crippen LogP contribution in [0.3, 0.4) is 0 Å². The lowest BCUT2D eigenvalue weighted by atomic mass is 9.98. The van der Waals surface area contributed by atoms with E-state index in [4.69, 9.17) is 4.74 Å². The minimum absolute atomic E-state index is 0.122. The Kier molecular flexibility index (Phi) is 5.35. The third-order valence-corrected chi connectivity index (χ3v) is 3.71. The van der Waals surface area contributed by atoms with Crippen LogP contribution in [0.5, 0.6) is 0 Å². The first kappa shape index (κ1) is 14.8. The number of nitro groups is 1. The second-order valence-electron chi connectivity index (χ2n) is 5.17. The topological polar surface area (TPSA) is 64.4 Å².